The molecule has 4 heteroatoms. The van der Waals surface area contributed by atoms with Crippen molar-refractivity contribution >= 4 is 5.91 Å². The zero-order valence-electron chi connectivity index (χ0n) is 10.8. The second-order valence-electron chi connectivity index (χ2n) is 4.20. The molecule has 1 aromatic heterocycles. The minimum Gasteiger partial charge on any atom is -0.468 e. The molecule has 1 amide bonds. The molecule has 0 aliphatic heterocycles. The maximum Gasteiger partial charge on any atom is 0.234 e. The van der Waals surface area contributed by atoms with Gasteiger partial charge in [-0.25, -0.2) is 0 Å². The second kappa shape index (κ2) is 7.12. The lowest BCUT2D eigenvalue weighted by atomic mass is 10.2. The highest BCUT2D eigenvalue weighted by Crippen LogP contribution is 2.11. The Morgan fingerprint density at radius 3 is 2.65 bits per heavy atom. The third-order valence-electron chi connectivity index (χ3n) is 2.89. The van der Waals surface area contributed by atoms with E-state index in [0.717, 1.165) is 18.6 Å². The molecule has 4 nitrogen and oxygen atoms in total. The highest BCUT2D eigenvalue weighted by molar-refractivity contribution is 5.78. The lowest BCUT2D eigenvalue weighted by molar-refractivity contribution is -0.121. The number of hydrogen-bond donors (Lipinski definition) is 2. The summed E-state index contributed by atoms with van der Waals surface area (Å²) in [5.41, 5.74) is 0. The van der Waals surface area contributed by atoms with Crippen molar-refractivity contribution in [2.24, 2.45) is 0 Å². The van der Waals surface area contributed by atoms with Gasteiger partial charge in [-0.05, 0) is 31.9 Å². The monoisotopic (exact) mass is 238 g/mol. The molecule has 0 aliphatic rings. The van der Waals surface area contributed by atoms with Gasteiger partial charge in [0.15, 0.2) is 0 Å². The van der Waals surface area contributed by atoms with E-state index >= 15 is 0 Å². The average molecular weight is 238 g/mol. The highest BCUT2D eigenvalue weighted by atomic mass is 16.3. The summed E-state index contributed by atoms with van der Waals surface area (Å²) in [6.45, 7) is 6.45. The molecular formula is C13H22N2O2. The van der Waals surface area contributed by atoms with Gasteiger partial charge in [-0.1, -0.05) is 13.8 Å². The molecule has 0 saturated heterocycles. The van der Waals surface area contributed by atoms with E-state index in [-0.39, 0.29) is 18.0 Å². The molecule has 0 radical (unpaired) electrons. The smallest absolute Gasteiger partial charge is 0.234 e. The zero-order valence-corrected chi connectivity index (χ0v) is 10.8. The number of furan rings is 1. The van der Waals surface area contributed by atoms with E-state index in [9.17, 15) is 4.79 Å². The Hall–Kier alpha value is -1.29. The second-order valence-corrected chi connectivity index (χ2v) is 4.20. The van der Waals surface area contributed by atoms with E-state index in [1.165, 1.54) is 0 Å². The van der Waals surface area contributed by atoms with Crippen LogP contribution in [-0.2, 0) is 4.79 Å². The first kappa shape index (κ1) is 13.8. The zero-order chi connectivity index (χ0) is 12.7. The Morgan fingerprint density at radius 1 is 1.41 bits per heavy atom. The molecule has 96 valence electrons. The summed E-state index contributed by atoms with van der Waals surface area (Å²) >= 11 is 0. The van der Waals surface area contributed by atoms with Gasteiger partial charge in [0, 0.05) is 6.04 Å². The first-order valence-electron chi connectivity index (χ1n) is 6.23. The minimum atomic E-state index is 0.0390. The fourth-order valence-electron chi connectivity index (χ4n) is 1.66. The molecule has 1 aromatic rings. The molecule has 0 fully saturated rings. The summed E-state index contributed by atoms with van der Waals surface area (Å²) in [5, 5.41) is 6.12. The number of nitrogens with one attached hydrogen (secondary N) is 2. The lowest BCUT2D eigenvalue weighted by Gasteiger charge is -2.16. The van der Waals surface area contributed by atoms with Crippen LogP contribution in [0, 0.1) is 0 Å². The molecule has 17 heavy (non-hydrogen) atoms. The molecular weight excluding hydrogens is 216 g/mol. The number of amides is 1. The first-order chi connectivity index (χ1) is 8.17. The molecule has 0 aliphatic carbocycles. The predicted octanol–water partition coefficient (Wildman–Crippen LogP) is 2.23. The topological polar surface area (TPSA) is 54.3 Å². The number of rotatable bonds is 7. The lowest BCUT2D eigenvalue weighted by Crippen LogP contribution is -2.40. The van der Waals surface area contributed by atoms with Gasteiger partial charge in [-0.3, -0.25) is 10.1 Å². The van der Waals surface area contributed by atoms with E-state index in [2.05, 4.69) is 24.5 Å². The van der Waals surface area contributed by atoms with Gasteiger partial charge in [-0.2, -0.15) is 0 Å². The Morgan fingerprint density at radius 2 is 2.12 bits per heavy atom. The van der Waals surface area contributed by atoms with Gasteiger partial charge in [0.1, 0.15) is 5.76 Å². The normalized spacial score (nSPS) is 12.7. The molecule has 0 bridgehead atoms. The maximum atomic E-state index is 11.6. The van der Waals surface area contributed by atoms with Crippen LogP contribution in [0.25, 0.3) is 0 Å². The van der Waals surface area contributed by atoms with Crippen molar-refractivity contribution in [3.8, 4) is 0 Å². The molecule has 0 spiro atoms. The molecule has 0 aromatic carbocycles. The summed E-state index contributed by atoms with van der Waals surface area (Å²) in [6.07, 6.45) is 3.57. The van der Waals surface area contributed by atoms with Crippen LogP contribution in [-0.4, -0.2) is 18.5 Å². The highest BCUT2D eigenvalue weighted by Gasteiger charge is 2.11. The van der Waals surface area contributed by atoms with Gasteiger partial charge >= 0.3 is 0 Å². The summed E-state index contributed by atoms with van der Waals surface area (Å²) in [7, 11) is 0. The SMILES string of the molecule is CCC(CC)NC(=O)CN[C@H](C)c1ccco1. The first-order valence-corrected chi connectivity index (χ1v) is 6.23. The molecule has 1 heterocycles. The van der Waals surface area contributed by atoms with Crippen LogP contribution >= 0.6 is 0 Å². The van der Waals surface area contributed by atoms with E-state index < -0.39 is 0 Å². The standard InChI is InChI=1S/C13H22N2O2/c1-4-11(5-2)15-13(16)9-14-10(3)12-7-6-8-17-12/h6-8,10-11,14H,4-5,9H2,1-3H3,(H,15,16)/t10-/m1/s1. The Balaban J connectivity index is 2.28. The third-order valence-corrected chi connectivity index (χ3v) is 2.89. The van der Waals surface area contributed by atoms with E-state index in [0.29, 0.717) is 6.54 Å². The van der Waals surface area contributed by atoms with Gasteiger partial charge in [0.2, 0.25) is 5.91 Å². The largest absolute Gasteiger partial charge is 0.468 e. The van der Waals surface area contributed by atoms with Crippen LogP contribution < -0.4 is 10.6 Å². The van der Waals surface area contributed by atoms with Gasteiger partial charge in [0.25, 0.3) is 0 Å². The summed E-state index contributed by atoms with van der Waals surface area (Å²) < 4.78 is 5.26. The van der Waals surface area contributed by atoms with Gasteiger partial charge in [0.05, 0.1) is 18.8 Å². The Bertz CT molecular complexity index is 318. The molecule has 1 rings (SSSR count). The number of carbonyl (C=O) groups excluding carboxylic acids is 1. The summed E-state index contributed by atoms with van der Waals surface area (Å²) in [5.74, 6) is 0.887. The van der Waals surface area contributed by atoms with E-state index in [1.807, 2.05) is 19.1 Å². The van der Waals surface area contributed by atoms with Crippen LogP contribution in [0.3, 0.4) is 0 Å². The fourth-order valence-corrected chi connectivity index (χ4v) is 1.66. The summed E-state index contributed by atoms with van der Waals surface area (Å²) in [4.78, 5) is 11.6. The molecule has 2 N–H and O–H groups in total. The van der Waals surface area contributed by atoms with Crippen molar-refractivity contribution < 1.29 is 9.21 Å². The minimum absolute atomic E-state index is 0.0390. The van der Waals surface area contributed by atoms with Crippen molar-refractivity contribution in [1.82, 2.24) is 10.6 Å². The van der Waals surface area contributed by atoms with Crippen LogP contribution in [0.4, 0.5) is 0 Å². The van der Waals surface area contributed by atoms with Gasteiger partial charge in [-0.15, -0.1) is 0 Å². The summed E-state index contributed by atoms with van der Waals surface area (Å²) in [6, 6.07) is 4.08. The molecule has 0 saturated carbocycles. The molecule has 0 unspecified atom stereocenters. The maximum absolute atomic E-state index is 11.6. The Kier molecular flexibility index (Phi) is 5.77. The van der Waals surface area contributed by atoms with Crippen LogP contribution in [0.1, 0.15) is 45.4 Å². The van der Waals surface area contributed by atoms with Crippen LogP contribution in [0.5, 0.6) is 0 Å². The van der Waals surface area contributed by atoms with Crippen molar-refractivity contribution in [2.45, 2.75) is 45.7 Å². The van der Waals surface area contributed by atoms with E-state index in [4.69, 9.17) is 4.42 Å². The number of hydrogen-bond acceptors (Lipinski definition) is 3. The molecule has 1 atom stereocenters. The van der Waals surface area contributed by atoms with Crippen molar-refractivity contribution in [3.05, 3.63) is 24.2 Å². The third kappa shape index (κ3) is 4.61. The Labute approximate surface area is 103 Å². The predicted molar refractivity (Wildman–Crippen MR) is 67.6 cm³/mol. The van der Waals surface area contributed by atoms with E-state index in [1.54, 1.807) is 6.26 Å². The average Bonchev–Trinajstić information content (AvgIpc) is 2.86. The van der Waals surface area contributed by atoms with Crippen molar-refractivity contribution in [1.29, 1.82) is 0 Å². The van der Waals surface area contributed by atoms with Crippen LogP contribution in [0.2, 0.25) is 0 Å². The van der Waals surface area contributed by atoms with Crippen LogP contribution in [0.15, 0.2) is 22.8 Å². The fraction of sp³-hybridized carbons (Fsp3) is 0.615. The van der Waals surface area contributed by atoms with Gasteiger partial charge < -0.3 is 9.73 Å². The van der Waals surface area contributed by atoms with Crippen molar-refractivity contribution in [2.75, 3.05) is 6.54 Å². The number of carbonyl (C=O) groups is 1. The quantitative estimate of drug-likeness (QED) is 0.766. The van der Waals surface area contributed by atoms with Crippen molar-refractivity contribution in [3.63, 3.8) is 0 Å².